The van der Waals surface area contributed by atoms with Gasteiger partial charge in [-0.25, -0.2) is 0 Å². The number of rotatable bonds is 9. The van der Waals surface area contributed by atoms with Gasteiger partial charge in [0.25, 0.3) is 0 Å². The summed E-state index contributed by atoms with van der Waals surface area (Å²) in [6.07, 6.45) is -0.524. The molecular formula is C15H25NO3. The third-order valence-electron chi connectivity index (χ3n) is 2.80. The summed E-state index contributed by atoms with van der Waals surface area (Å²) >= 11 is 0. The SMILES string of the molecule is CCOCC(C)NCC(O)COc1ccccc1C. The number of benzene rings is 1. The number of aryl methyl sites for hydroxylation is 1. The second-order valence-corrected chi connectivity index (χ2v) is 4.70. The highest BCUT2D eigenvalue weighted by Gasteiger charge is 2.08. The lowest BCUT2D eigenvalue weighted by Crippen LogP contribution is -2.38. The molecule has 19 heavy (non-hydrogen) atoms. The number of para-hydroxylation sites is 1. The van der Waals surface area contributed by atoms with Gasteiger partial charge >= 0.3 is 0 Å². The van der Waals surface area contributed by atoms with Crippen LogP contribution in [0.4, 0.5) is 0 Å². The average Bonchev–Trinajstić information content (AvgIpc) is 2.42. The van der Waals surface area contributed by atoms with Crippen molar-refractivity contribution < 1.29 is 14.6 Å². The van der Waals surface area contributed by atoms with Crippen LogP contribution in [0.15, 0.2) is 24.3 Å². The fourth-order valence-electron chi connectivity index (χ4n) is 1.65. The molecule has 0 aliphatic heterocycles. The average molecular weight is 267 g/mol. The zero-order valence-corrected chi connectivity index (χ0v) is 12.1. The van der Waals surface area contributed by atoms with Gasteiger partial charge in [-0.2, -0.15) is 0 Å². The van der Waals surface area contributed by atoms with E-state index in [0.717, 1.165) is 11.3 Å². The van der Waals surface area contributed by atoms with Gasteiger partial charge in [-0.1, -0.05) is 18.2 Å². The van der Waals surface area contributed by atoms with E-state index in [2.05, 4.69) is 5.32 Å². The highest BCUT2D eigenvalue weighted by molar-refractivity contribution is 5.31. The zero-order valence-electron chi connectivity index (χ0n) is 12.1. The first-order chi connectivity index (χ1) is 9.13. The Labute approximate surface area is 115 Å². The zero-order chi connectivity index (χ0) is 14.1. The van der Waals surface area contributed by atoms with E-state index in [1.54, 1.807) is 0 Å². The van der Waals surface area contributed by atoms with Gasteiger partial charge in [-0.15, -0.1) is 0 Å². The Morgan fingerprint density at radius 1 is 1.26 bits per heavy atom. The smallest absolute Gasteiger partial charge is 0.122 e. The monoisotopic (exact) mass is 267 g/mol. The Morgan fingerprint density at radius 3 is 2.68 bits per heavy atom. The quantitative estimate of drug-likeness (QED) is 0.715. The summed E-state index contributed by atoms with van der Waals surface area (Å²) < 4.78 is 10.9. The van der Waals surface area contributed by atoms with Crippen molar-refractivity contribution in [1.82, 2.24) is 5.32 Å². The molecule has 0 radical (unpaired) electrons. The molecule has 0 aliphatic rings. The summed E-state index contributed by atoms with van der Waals surface area (Å²) in [5, 5.41) is 13.1. The number of hydrogen-bond donors (Lipinski definition) is 2. The van der Waals surface area contributed by atoms with Gasteiger partial charge < -0.3 is 19.9 Å². The number of aliphatic hydroxyl groups excluding tert-OH is 1. The van der Waals surface area contributed by atoms with E-state index in [4.69, 9.17) is 9.47 Å². The van der Waals surface area contributed by atoms with Crippen LogP contribution >= 0.6 is 0 Å². The van der Waals surface area contributed by atoms with Crippen LogP contribution in [0.1, 0.15) is 19.4 Å². The minimum absolute atomic E-state index is 0.230. The maximum Gasteiger partial charge on any atom is 0.122 e. The van der Waals surface area contributed by atoms with E-state index < -0.39 is 6.10 Å². The first-order valence-corrected chi connectivity index (χ1v) is 6.81. The minimum atomic E-state index is -0.524. The minimum Gasteiger partial charge on any atom is -0.491 e. The Balaban J connectivity index is 2.21. The first-order valence-electron chi connectivity index (χ1n) is 6.81. The largest absolute Gasteiger partial charge is 0.491 e. The lowest BCUT2D eigenvalue weighted by molar-refractivity contribution is 0.0905. The van der Waals surface area contributed by atoms with Gasteiger partial charge in [0, 0.05) is 19.2 Å². The van der Waals surface area contributed by atoms with Crippen molar-refractivity contribution in [2.24, 2.45) is 0 Å². The second-order valence-electron chi connectivity index (χ2n) is 4.70. The molecular weight excluding hydrogens is 242 g/mol. The molecule has 2 N–H and O–H groups in total. The molecule has 2 unspecified atom stereocenters. The summed E-state index contributed by atoms with van der Waals surface area (Å²) in [7, 11) is 0. The van der Waals surface area contributed by atoms with Gasteiger partial charge in [0.05, 0.1) is 6.61 Å². The van der Waals surface area contributed by atoms with Crippen LogP contribution < -0.4 is 10.1 Å². The van der Waals surface area contributed by atoms with Crippen LogP contribution in [0.5, 0.6) is 5.75 Å². The van der Waals surface area contributed by atoms with Crippen molar-refractivity contribution in [3.63, 3.8) is 0 Å². The Morgan fingerprint density at radius 2 is 2.00 bits per heavy atom. The van der Waals surface area contributed by atoms with E-state index >= 15 is 0 Å². The van der Waals surface area contributed by atoms with Crippen molar-refractivity contribution >= 4 is 0 Å². The van der Waals surface area contributed by atoms with E-state index in [9.17, 15) is 5.11 Å². The summed E-state index contributed by atoms with van der Waals surface area (Å²) in [5.74, 6) is 0.823. The Hall–Kier alpha value is -1.10. The highest BCUT2D eigenvalue weighted by atomic mass is 16.5. The molecule has 0 fully saturated rings. The second kappa shape index (κ2) is 8.91. The summed E-state index contributed by atoms with van der Waals surface area (Å²) in [4.78, 5) is 0. The van der Waals surface area contributed by atoms with Crippen LogP contribution in [0.25, 0.3) is 0 Å². The van der Waals surface area contributed by atoms with Crippen molar-refractivity contribution in [2.75, 3.05) is 26.4 Å². The van der Waals surface area contributed by atoms with Gasteiger partial charge in [0.1, 0.15) is 18.5 Å². The van der Waals surface area contributed by atoms with Crippen LogP contribution in [0.2, 0.25) is 0 Å². The molecule has 4 heteroatoms. The molecule has 0 spiro atoms. The maximum absolute atomic E-state index is 9.85. The molecule has 0 heterocycles. The molecule has 0 bridgehead atoms. The van der Waals surface area contributed by atoms with Crippen LogP contribution in [0.3, 0.4) is 0 Å². The van der Waals surface area contributed by atoms with Gasteiger partial charge in [-0.3, -0.25) is 0 Å². The van der Waals surface area contributed by atoms with Crippen LogP contribution in [-0.4, -0.2) is 43.6 Å². The standard InChI is InChI=1S/C15H25NO3/c1-4-18-10-13(3)16-9-14(17)11-19-15-8-6-5-7-12(15)2/h5-8,13-14,16-17H,4,9-11H2,1-3H3. The van der Waals surface area contributed by atoms with E-state index in [-0.39, 0.29) is 6.04 Å². The summed E-state index contributed by atoms with van der Waals surface area (Å²) in [6, 6.07) is 8.03. The molecule has 0 saturated heterocycles. The van der Waals surface area contributed by atoms with Crippen LogP contribution in [-0.2, 0) is 4.74 Å². The molecule has 0 amide bonds. The first kappa shape index (κ1) is 16.0. The molecule has 0 aliphatic carbocycles. The van der Waals surface area contributed by atoms with Gasteiger partial charge in [0.15, 0.2) is 0 Å². The lowest BCUT2D eigenvalue weighted by atomic mass is 10.2. The molecule has 1 rings (SSSR count). The van der Waals surface area contributed by atoms with E-state index in [0.29, 0.717) is 26.4 Å². The third-order valence-corrected chi connectivity index (χ3v) is 2.80. The van der Waals surface area contributed by atoms with Crippen molar-refractivity contribution in [1.29, 1.82) is 0 Å². The predicted molar refractivity (Wildman–Crippen MR) is 76.6 cm³/mol. The topological polar surface area (TPSA) is 50.7 Å². The lowest BCUT2D eigenvalue weighted by Gasteiger charge is -2.18. The molecule has 2 atom stereocenters. The Bertz CT molecular complexity index is 357. The maximum atomic E-state index is 9.85. The van der Waals surface area contributed by atoms with Crippen molar-refractivity contribution in [2.45, 2.75) is 32.9 Å². The number of aliphatic hydroxyl groups is 1. The van der Waals surface area contributed by atoms with E-state index in [1.165, 1.54) is 0 Å². The van der Waals surface area contributed by atoms with E-state index in [1.807, 2.05) is 45.0 Å². The number of ether oxygens (including phenoxy) is 2. The van der Waals surface area contributed by atoms with Crippen LogP contribution in [0, 0.1) is 6.92 Å². The van der Waals surface area contributed by atoms with Crippen molar-refractivity contribution in [3.8, 4) is 5.75 Å². The molecule has 0 aromatic heterocycles. The fourth-order valence-corrected chi connectivity index (χ4v) is 1.65. The summed E-state index contributed by atoms with van der Waals surface area (Å²) in [6.45, 7) is 8.15. The Kier molecular flexibility index (Phi) is 7.48. The fraction of sp³-hybridized carbons (Fsp3) is 0.600. The molecule has 0 saturated carbocycles. The van der Waals surface area contributed by atoms with Gasteiger partial charge in [0.2, 0.25) is 0 Å². The molecule has 108 valence electrons. The molecule has 1 aromatic rings. The normalized spacial score (nSPS) is 14.1. The highest BCUT2D eigenvalue weighted by Crippen LogP contribution is 2.16. The molecule has 1 aromatic carbocycles. The predicted octanol–water partition coefficient (Wildman–Crippen LogP) is 1.75. The number of nitrogens with one attached hydrogen (secondary N) is 1. The van der Waals surface area contributed by atoms with Crippen molar-refractivity contribution in [3.05, 3.63) is 29.8 Å². The number of hydrogen-bond acceptors (Lipinski definition) is 4. The summed E-state index contributed by atoms with van der Waals surface area (Å²) in [5.41, 5.74) is 1.08. The van der Waals surface area contributed by atoms with Gasteiger partial charge in [-0.05, 0) is 32.4 Å². The molecule has 4 nitrogen and oxygen atoms in total. The third kappa shape index (κ3) is 6.57.